The lowest BCUT2D eigenvalue weighted by molar-refractivity contribution is 0.0602. The minimum atomic E-state index is -0.380. The van der Waals surface area contributed by atoms with Gasteiger partial charge in [0.25, 0.3) is 0 Å². The molecule has 2 aromatic rings. The van der Waals surface area contributed by atoms with Gasteiger partial charge in [-0.3, -0.25) is 0 Å². The Bertz CT molecular complexity index is 617. The van der Waals surface area contributed by atoms with Crippen LogP contribution in [-0.2, 0) is 11.2 Å². The van der Waals surface area contributed by atoms with Gasteiger partial charge in [0.05, 0.1) is 7.11 Å². The smallest absolute Gasteiger partial charge is 0.341 e. The van der Waals surface area contributed by atoms with Gasteiger partial charge in [-0.05, 0) is 38.1 Å². The molecular weight excluding hydrogens is 256 g/mol. The van der Waals surface area contributed by atoms with E-state index in [9.17, 15) is 4.79 Å². The van der Waals surface area contributed by atoms with Gasteiger partial charge in [-0.15, -0.1) is 0 Å². The van der Waals surface area contributed by atoms with Gasteiger partial charge in [0.2, 0.25) is 0 Å². The van der Waals surface area contributed by atoms with E-state index < -0.39 is 0 Å². The number of ether oxygens (including phenoxy) is 1. The number of fused-ring (bicyclic) bond motifs is 1. The molecule has 0 amide bonds. The lowest BCUT2D eigenvalue weighted by Crippen LogP contribution is -2.22. The Kier molecular flexibility index (Phi) is 3.64. The third kappa shape index (κ3) is 2.51. The Hall–Kier alpha value is -1.95. The van der Waals surface area contributed by atoms with Gasteiger partial charge in [-0.1, -0.05) is 0 Å². The lowest BCUT2D eigenvalue weighted by atomic mass is 10.3. The SMILES string of the molecule is COC(=O)c1cccn2nc(CCN3CCCC3)nc12. The van der Waals surface area contributed by atoms with Crippen LogP contribution in [-0.4, -0.2) is 52.2 Å². The van der Waals surface area contributed by atoms with Gasteiger partial charge in [-0.2, -0.15) is 5.10 Å². The van der Waals surface area contributed by atoms with Gasteiger partial charge in [0, 0.05) is 19.2 Å². The predicted octanol–water partition coefficient (Wildman–Crippen LogP) is 1.15. The molecule has 6 nitrogen and oxygen atoms in total. The first-order chi connectivity index (χ1) is 9.78. The van der Waals surface area contributed by atoms with E-state index in [1.807, 2.05) is 0 Å². The van der Waals surface area contributed by atoms with Crippen molar-refractivity contribution in [3.63, 3.8) is 0 Å². The molecule has 106 valence electrons. The molecule has 1 saturated heterocycles. The van der Waals surface area contributed by atoms with Crippen molar-refractivity contribution in [2.75, 3.05) is 26.7 Å². The molecule has 1 aliphatic rings. The summed E-state index contributed by atoms with van der Waals surface area (Å²) in [6.45, 7) is 3.31. The first-order valence-electron chi connectivity index (χ1n) is 6.93. The van der Waals surface area contributed by atoms with Gasteiger partial charge < -0.3 is 9.64 Å². The summed E-state index contributed by atoms with van der Waals surface area (Å²) in [5, 5.41) is 4.42. The zero-order valence-corrected chi connectivity index (χ0v) is 11.6. The topological polar surface area (TPSA) is 59.7 Å². The second-order valence-electron chi connectivity index (χ2n) is 5.01. The van der Waals surface area contributed by atoms with Crippen LogP contribution in [0.25, 0.3) is 5.65 Å². The summed E-state index contributed by atoms with van der Waals surface area (Å²) in [4.78, 5) is 18.6. The number of rotatable bonds is 4. The van der Waals surface area contributed by atoms with Crippen molar-refractivity contribution in [3.05, 3.63) is 29.7 Å². The summed E-state index contributed by atoms with van der Waals surface area (Å²) < 4.78 is 6.41. The number of methoxy groups -OCH3 is 1. The molecule has 0 bridgehead atoms. The number of esters is 1. The molecule has 2 aromatic heterocycles. The summed E-state index contributed by atoms with van der Waals surface area (Å²) in [5.74, 6) is 0.391. The second kappa shape index (κ2) is 5.58. The number of nitrogens with zero attached hydrogens (tertiary/aromatic N) is 4. The molecular formula is C14H18N4O2. The highest BCUT2D eigenvalue weighted by molar-refractivity contribution is 5.95. The quantitative estimate of drug-likeness (QED) is 0.783. The Morgan fingerprint density at radius 1 is 1.40 bits per heavy atom. The summed E-state index contributed by atoms with van der Waals surface area (Å²) >= 11 is 0. The van der Waals surface area contributed by atoms with Crippen molar-refractivity contribution >= 4 is 11.6 Å². The lowest BCUT2D eigenvalue weighted by Gasteiger charge is -2.12. The predicted molar refractivity (Wildman–Crippen MR) is 73.7 cm³/mol. The molecule has 20 heavy (non-hydrogen) atoms. The monoisotopic (exact) mass is 274 g/mol. The van der Waals surface area contributed by atoms with Crippen LogP contribution in [0.1, 0.15) is 29.0 Å². The number of carbonyl (C=O) groups is 1. The average Bonchev–Trinajstić information content (AvgIpc) is 3.12. The highest BCUT2D eigenvalue weighted by atomic mass is 16.5. The zero-order valence-electron chi connectivity index (χ0n) is 11.6. The van der Waals surface area contributed by atoms with Crippen LogP contribution in [0.5, 0.6) is 0 Å². The van der Waals surface area contributed by atoms with Crippen molar-refractivity contribution in [1.29, 1.82) is 0 Å². The molecule has 0 aliphatic carbocycles. The third-order valence-electron chi connectivity index (χ3n) is 3.66. The van der Waals surface area contributed by atoms with Gasteiger partial charge in [0.1, 0.15) is 5.56 Å². The fourth-order valence-corrected chi connectivity index (χ4v) is 2.59. The molecule has 0 atom stereocenters. The van der Waals surface area contributed by atoms with Gasteiger partial charge in [0.15, 0.2) is 11.5 Å². The van der Waals surface area contributed by atoms with Crippen LogP contribution < -0.4 is 0 Å². The second-order valence-corrected chi connectivity index (χ2v) is 5.01. The maximum absolute atomic E-state index is 11.7. The van der Waals surface area contributed by atoms with E-state index in [0.717, 1.165) is 18.8 Å². The van der Waals surface area contributed by atoms with Crippen molar-refractivity contribution in [3.8, 4) is 0 Å². The maximum Gasteiger partial charge on any atom is 0.341 e. The van der Waals surface area contributed by atoms with E-state index in [4.69, 9.17) is 4.74 Å². The Balaban J connectivity index is 1.80. The van der Waals surface area contributed by atoms with E-state index in [1.54, 1.807) is 22.8 Å². The van der Waals surface area contributed by atoms with Crippen LogP contribution in [0, 0.1) is 0 Å². The third-order valence-corrected chi connectivity index (χ3v) is 3.66. The molecule has 0 unspecified atom stereocenters. The normalized spacial score (nSPS) is 15.8. The number of aromatic nitrogens is 3. The molecule has 0 aromatic carbocycles. The first kappa shape index (κ1) is 13.1. The van der Waals surface area contributed by atoms with Crippen molar-refractivity contribution < 1.29 is 9.53 Å². The van der Waals surface area contributed by atoms with E-state index in [2.05, 4.69) is 15.0 Å². The molecule has 3 rings (SSSR count). The summed E-state index contributed by atoms with van der Waals surface area (Å²) in [6, 6.07) is 3.48. The molecule has 0 saturated carbocycles. The van der Waals surface area contributed by atoms with Gasteiger partial charge >= 0.3 is 5.97 Å². The Labute approximate surface area is 117 Å². The van der Waals surface area contributed by atoms with Crippen LogP contribution >= 0.6 is 0 Å². The molecule has 0 spiro atoms. The molecule has 0 radical (unpaired) electrons. The van der Waals surface area contributed by atoms with Crippen LogP contribution in [0.15, 0.2) is 18.3 Å². The number of likely N-dealkylation sites (tertiary alicyclic amines) is 1. The highest BCUT2D eigenvalue weighted by Crippen LogP contribution is 2.12. The molecule has 0 N–H and O–H groups in total. The number of hydrogen-bond acceptors (Lipinski definition) is 5. The largest absolute Gasteiger partial charge is 0.465 e. The highest BCUT2D eigenvalue weighted by Gasteiger charge is 2.16. The van der Waals surface area contributed by atoms with Crippen molar-refractivity contribution in [1.82, 2.24) is 19.5 Å². The Morgan fingerprint density at radius 2 is 2.20 bits per heavy atom. The van der Waals surface area contributed by atoms with E-state index >= 15 is 0 Å². The minimum absolute atomic E-state index is 0.380. The summed E-state index contributed by atoms with van der Waals surface area (Å²) in [7, 11) is 1.37. The molecule has 1 aliphatic heterocycles. The van der Waals surface area contributed by atoms with E-state index in [0.29, 0.717) is 11.2 Å². The van der Waals surface area contributed by atoms with Crippen molar-refractivity contribution in [2.45, 2.75) is 19.3 Å². The molecule has 1 fully saturated rings. The number of hydrogen-bond donors (Lipinski definition) is 0. The van der Waals surface area contributed by atoms with Crippen LogP contribution in [0.4, 0.5) is 0 Å². The maximum atomic E-state index is 11.7. The van der Waals surface area contributed by atoms with Crippen LogP contribution in [0.2, 0.25) is 0 Å². The fourth-order valence-electron chi connectivity index (χ4n) is 2.59. The fraction of sp³-hybridized carbons (Fsp3) is 0.500. The van der Waals surface area contributed by atoms with E-state index in [1.165, 1.54) is 33.0 Å². The minimum Gasteiger partial charge on any atom is -0.465 e. The molecule has 3 heterocycles. The summed E-state index contributed by atoms with van der Waals surface area (Å²) in [6.07, 6.45) is 5.17. The van der Waals surface area contributed by atoms with Crippen molar-refractivity contribution in [2.24, 2.45) is 0 Å². The Morgan fingerprint density at radius 3 is 2.95 bits per heavy atom. The number of pyridine rings is 1. The van der Waals surface area contributed by atoms with Crippen LogP contribution in [0.3, 0.4) is 0 Å². The molecule has 6 heteroatoms. The summed E-state index contributed by atoms with van der Waals surface area (Å²) in [5.41, 5.74) is 1.02. The standard InChI is InChI=1S/C14H18N4O2/c1-20-14(19)11-5-4-9-18-13(11)15-12(16-18)6-10-17-7-2-3-8-17/h4-5,9H,2-3,6-8,10H2,1H3. The zero-order chi connectivity index (χ0) is 13.9. The van der Waals surface area contributed by atoms with Gasteiger partial charge in [-0.25, -0.2) is 14.3 Å². The number of carbonyl (C=O) groups excluding carboxylic acids is 1. The van der Waals surface area contributed by atoms with E-state index in [-0.39, 0.29) is 5.97 Å². The average molecular weight is 274 g/mol. The first-order valence-corrected chi connectivity index (χ1v) is 6.93.